The molecule has 0 unspecified atom stereocenters. The lowest BCUT2D eigenvalue weighted by molar-refractivity contribution is 0.431. The number of nitrogens with zero attached hydrogens (tertiary/aromatic N) is 3. The summed E-state index contributed by atoms with van der Waals surface area (Å²) >= 11 is 0. The van der Waals surface area contributed by atoms with Crippen molar-refractivity contribution >= 4 is 0 Å². The van der Waals surface area contributed by atoms with Gasteiger partial charge in [0.05, 0.1) is 0 Å². The number of phenols is 1. The number of benzene rings is 1. The van der Waals surface area contributed by atoms with Crippen LogP contribution in [0.1, 0.15) is 5.56 Å². The molecule has 3 rings (SSSR count). The fourth-order valence-corrected chi connectivity index (χ4v) is 1.61. The van der Waals surface area contributed by atoms with Crippen LogP contribution in [0, 0.1) is 6.92 Å². The van der Waals surface area contributed by atoms with Crippen molar-refractivity contribution in [2.45, 2.75) is 6.92 Å². The zero-order valence-corrected chi connectivity index (χ0v) is 9.58. The highest BCUT2D eigenvalue weighted by molar-refractivity contribution is 5.58. The molecule has 2 aromatic heterocycles. The minimum absolute atomic E-state index is 0.240. The Bertz CT molecular complexity index is 673. The highest BCUT2D eigenvalue weighted by atomic mass is 16.5. The Morgan fingerprint density at radius 3 is 2.94 bits per heavy atom. The summed E-state index contributed by atoms with van der Waals surface area (Å²) < 4.78 is 5.17. The first-order chi connectivity index (χ1) is 8.74. The van der Waals surface area contributed by atoms with Crippen molar-refractivity contribution < 1.29 is 9.63 Å². The van der Waals surface area contributed by atoms with Crippen LogP contribution in [-0.4, -0.2) is 25.2 Å². The van der Waals surface area contributed by atoms with Crippen LogP contribution in [0.4, 0.5) is 0 Å². The van der Waals surface area contributed by atoms with E-state index in [1.165, 1.54) is 0 Å². The van der Waals surface area contributed by atoms with Gasteiger partial charge in [0.25, 0.3) is 5.89 Å². The predicted molar refractivity (Wildman–Crippen MR) is 63.7 cm³/mol. The molecule has 0 saturated heterocycles. The Labute approximate surface area is 102 Å². The summed E-state index contributed by atoms with van der Waals surface area (Å²) in [5, 5.41) is 13.3. The quantitative estimate of drug-likeness (QED) is 0.718. The number of aromatic hydroxyl groups is 1. The maximum absolute atomic E-state index is 9.46. The van der Waals surface area contributed by atoms with E-state index in [1.54, 1.807) is 30.6 Å². The summed E-state index contributed by atoms with van der Waals surface area (Å²) in [6.07, 6.45) is 3.31. The molecule has 0 aliphatic rings. The third-order valence-corrected chi connectivity index (χ3v) is 2.58. The van der Waals surface area contributed by atoms with Crippen molar-refractivity contribution in [3.63, 3.8) is 0 Å². The highest BCUT2D eigenvalue weighted by Crippen LogP contribution is 2.25. The fourth-order valence-electron chi connectivity index (χ4n) is 1.61. The second kappa shape index (κ2) is 3.99. The Hall–Kier alpha value is -2.63. The van der Waals surface area contributed by atoms with E-state index in [0.717, 1.165) is 11.1 Å². The first kappa shape index (κ1) is 10.5. The topological polar surface area (TPSA) is 87.8 Å². The van der Waals surface area contributed by atoms with Crippen molar-refractivity contribution in [1.82, 2.24) is 20.1 Å². The van der Waals surface area contributed by atoms with E-state index in [0.29, 0.717) is 17.5 Å². The molecule has 0 atom stereocenters. The number of rotatable bonds is 2. The van der Waals surface area contributed by atoms with Gasteiger partial charge in [-0.25, -0.2) is 4.98 Å². The molecular weight excluding hydrogens is 232 g/mol. The number of aromatic nitrogens is 4. The second-order valence-electron chi connectivity index (χ2n) is 3.86. The Balaban J connectivity index is 2.00. The molecule has 0 radical (unpaired) electrons. The monoisotopic (exact) mass is 242 g/mol. The van der Waals surface area contributed by atoms with Gasteiger partial charge >= 0.3 is 0 Å². The van der Waals surface area contributed by atoms with Crippen molar-refractivity contribution in [3.8, 4) is 28.9 Å². The van der Waals surface area contributed by atoms with Crippen LogP contribution >= 0.6 is 0 Å². The normalized spacial score (nSPS) is 10.7. The molecule has 0 saturated carbocycles. The number of nitrogens with one attached hydrogen (secondary N) is 1. The number of phenolic OH excluding ortho intramolecular Hbond substituents is 1. The minimum atomic E-state index is 0.240. The van der Waals surface area contributed by atoms with Crippen LogP contribution in [-0.2, 0) is 0 Å². The smallest absolute Gasteiger partial charge is 0.258 e. The Morgan fingerprint density at radius 1 is 1.33 bits per heavy atom. The van der Waals surface area contributed by atoms with E-state index in [4.69, 9.17) is 4.52 Å². The third-order valence-electron chi connectivity index (χ3n) is 2.58. The molecule has 90 valence electrons. The van der Waals surface area contributed by atoms with Crippen LogP contribution < -0.4 is 0 Å². The van der Waals surface area contributed by atoms with E-state index >= 15 is 0 Å². The number of aromatic amines is 1. The van der Waals surface area contributed by atoms with E-state index < -0.39 is 0 Å². The molecule has 6 heteroatoms. The molecule has 0 aliphatic carbocycles. The standard InChI is InChI=1S/C12H10N4O2/c1-7-6-8(2-3-9(7)17)12-15-11(16-18-12)10-13-4-5-14-10/h2-6,17H,1H3,(H,13,14). The van der Waals surface area contributed by atoms with Crippen LogP contribution in [0.2, 0.25) is 0 Å². The third kappa shape index (κ3) is 1.73. The van der Waals surface area contributed by atoms with E-state index in [9.17, 15) is 5.11 Å². The van der Waals surface area contributed by atoms with E-state index in [-0.39, 0.29) is 5.75 Å². The lowest BCUT2D eigenvalue weighted by atomic mass is 10.1. The van der Waals surface area contributed by atoms with Crippen LogP contribution in [0.25, 0.3) is 23.1 Å². The van der Waals surface area contributed by atoms with Gasteiger partial charge in [-0.05, 0) is 30.7 Å². The molecule has 0 amide bonds. The van der Waals surface area contributed by atoms with Gasteiger partial charge in [0, 0.05) is 18.0 Å². The van der Waals surface area contributed by atoms with E-state index in [1.807, 2.05) is 6.92 Å². The first-order valence-corrected chi connectivity index (χ1v) is 5.37. The van der Waals surface area contributed by atoms with Gasteiger partial charge in [0.15, 0.2) is 5.82 Å². The summed E-state index contributed by atoms with van der Waals surface area (Å²) in [5.74, 6) is 1.59. The SMILES string of the molecule is Cc1cc(-c2nc(-c3ncc[nH]3)no2)ccc1O. The number of hydrogen-bond donors (Lipinski definition) is 2. The molecule has 2 N–H and O–H groups in total. The maximum atomic E-state index is 9.46. The van der Waals surface area contributed by atoms with Crippen LogP contribution in [0.15, 0.2) is 35.1 Å². The van der Waals surface area contributed by atoms with Crippen molar-refractivity contribution in [2.75, 3.05) is 0 Å². The Morgan fingerprint density at radius 2 is 2.22 bits per heavy atom. The number of aryl methyl sites for hydroxylation is 1. The molecule has 3 aromatic rings. The zero-order valence-electron chi connectivity index (χ0n) is 9.58. The van der Waals surface area contributed by atoms with Crippen molar-refractivity contribution in [1.29, 1.82) is 0 Å². The molecule has 18 heavy (non-hydrogen) atoms. The molecule has 1 aromatic carbocycles. The zero-order chi connectivity index (χ0) is 12.5. The van der Waals surface area contributed by atoms with Crippen molar-refractivity contribution in [2.24, 2.45) is 0 Å². The van der Waals surface area contributed by atoms with Crippen LogP contribution in [0.5, 0.6) is 5.75 Å². The molecule has 6 nitrogen and oxygen atoms in total. The molecular formula is C12H10N4O2. The van der Waals surface area contributed by atoms with Gasteiger partial charge in [-0.1, -0.05) is 5.16 Å². The molecule has 0 spiro atoms. The summed E-state index contributed by atoms with van der Waals surface area (Å²) in [5.41, 5.74) is 1.51. The number of imidazole rings is 1. The van der Waals surface area contributed by atoms with E-state index in [2.05, 4.69) is 20.1 Å². The minimum Gasteiger partial charge on any atom is -0.508 e. The van der Waals surface area contributed by atoms with Gasteiger partial charge in [0.1, 0.15) is 5.75 Å². The summed E-state index contributed by atoms with van der Waals surface area (Å²) in [4.78, 5) is 11.2. The number of H-pyrrole nitrogens is 1. The van der Waals surface area contributed by atoms with Crippen LogP contribution in [0.3, 0.4) is 0 Å². The molecule has 0 bridgehead atoms. The fraction of sp³-hybridized carbons (Fsp3) is 0.0833. The summed E-state index contributed by atoms with van der Waals surface area (Å²) in [6, 6.07) is 5.11. The summed E-state index contributed by atoms with van der Waals surface area (Å²) in [6.45, 7) is 1.81. The average molecular weight is 242 g/mol. The highest BCUT2D eigenvalue weighted by Gasteiger charge is 2.12. The first-order valence-electron chi connectivity index (χ1n) is 5.37. The maximum Gasteiger partial charge on any atom is 0.258 e. The average Bonchev–Trinajstić information content (AvgIpc) is 3.01. The van der Waals surface area contributed by atoms with Gasteiger partial charge in [0.2, 0.25) is 5.82 Å². The van der Waals surface area contributed by atoms with Gasteiger partial charge in [-0.15, -0.1) is 0 Å². The summed E-state index contributed by atoms with van der Waals surface area (Å²) in [7, 11) is 0. The van der Waals surface area contributed by atoms with Gasteiger partial charge in [-0.2, -0.15) is 4.98 Å². The number of hydrogen-bond acceptors (Lipinski definition) is 5. The lowest BCUT2D eigenvalue weighted by Gasteiger charge is -1.99. The molecule has 2 heterocycles. The van der Waals surface area contributed by atoms with Gasteiger partial charge in [-0.3, -0.25) is 0 Å². The Kier molecular flexibility index (Phi) is 2.33. The van der Waals surface area contributed by atoms with Gasteiger partial charge < -0.3 is 14.6 Å². The largest absolute Gasteiger partial charge is 0.508 e. The van der Waals surface area contributed by atoms with Crippen molar-refractivity contribution in [3.05, 3.63) is 36.2 Å². The second-order valence-corrected chi connectivity index (χ2v) is 3.86. The molecule has 0 fully saturated rings. The predicted octanol–water partition coefficient (Wildman–Crippen LogP) is 2.14. The lowest BCUT2D eigenvalue weighted by Crippen LogP contribution is -1.83. The molecule has 0 aliphatic heterocycles.